The van der Waals surface area contributed by atoms with Crippen molar-refractivity contribution < 1.29 is 14.3 Å². The first-order valence-corrected chi connectivity index (χ1v) is 6.97. The number of carbonyl (C=O) groups is 1. The molecule has 2 fully saturated rings. The van der Waals surface area contributed by atoms with Crippen molar-refractivity contribution in [1.29, 1.82) is 0 Å². The topological polar surface area (TPSA) is 50.8 Å². The van der Waals surface area contributed by atoms with Crippen molar-refractivity contribution in [1.82, 2.24) is 10.2 Å². The highest BCUT2D eigenvalue weighted by Crippen LogP contribution is 2.35. The van der Waals surface area contributed by atoms with Gasteiger partial charge in [-0.2, -0.15) is 0 Å². The van der Waals surface area contributed by atoms with Crippen LogP contribution in [-0.2, 0) is 9.53 Å². The Kier molecular flexibility index (Phi) is 3.47. The minimum atomic E-state index is -0.188. The van der Waals surface area contributed by atoms with Gasteiger partial charge in [-0.25, -0.2) is 0 Å². The van der Waals surface area contributed by atoms with E-state index in [1.807, 2.05) is 18.2 Å². The van der Waals surface area contributed by atoms with Crippen LogP contribution in [0.2, 0.25) is 0 Å². The maximum Gasteiger partial charge on any atom is 0.241 e. The van der Waals surface area contributed by atoms with Crippen LogP contribution in [0.1, 0.15) is 11.7 Å². The summed E-state index contributed by atoms with van der Waals surface area (Å²) in [5.74, 6) is 0.793. The lowest BCUT2D eigenvalue weighted by molar-refractivity contribution is -0.125. The predicted octanol–water partition coefficient (Wildman–Crippen LogP) is 1.29. The molecule has 2 saturated heterocycles. The van der Waals surface area contributed by atoms with E-state index in [0.29, 0.717) is 13.2 Å². The molecule has 2 heterocycles. The maximum atomic E-state index is 12.0. The number of amides is 1. The summed E-state index contributed by atoms with van der Waals surface area (Å²) in [6, 6.07) is 5.66. The van der Waals surface area contributed by atoms with Crippen molar-refractivity contribution in [2.45, 2.75) is 12.2 Å². The fourth-order valence-corrected chi connectivity index (χ4v) is 2.97. The molecule has 0 aromatic heterocycles. The van der Waals surface area contributed by atoms with Gasteiger partial charge in [0, 0.05) is 16.6 Å². The van der Waals surface area contributed by atoms with Crippen molar-refractivity contribution >= 4 is 21.8 Å². The molecule has 5 nitrogen and oxygen atoms in total. The molecule has 0 saturated carbocycles. The Morgan fingerprint density at radius 3 is 3.16 bits per heavy atom. The van der Waals surface area contributed by atoms with Gasteiger partial charge in [0.1, 0.15) is 18.0 Å². The second-order valence-corrected chi connectivity index (χ2v) is 5.54. The molecule has 1 aromatic rings. The Morgan fingerprint density at radius 1 is 1.53 bits per heavy atom. The molecule has 19 heavy (non-hydrogen) atoms. The molecule has 2 aliphatic rings. The number of carbonyl (C=O) groups excluding carboxylic acids is 1. The molecule has 3 rings (SSSR count). The summed E-state index contributed by atoms with van der Waals surface area (Å²) in [6.07, 6.45) is -0.135. The van der Waals surface area contributed by atoms with Crippen LogP contribution < -0.4 is 10.1 Å². The number of hydrogen-bond acceptors (Lipinski definition) is 4. The lowest BCUT2D eigenvalue weighted by Gasteiger charge is -2.31. The zero-order valence-electron chi connectivity index (χ0n) is 10.6. The van der Waals surface area contributed by atoms with E-state index in [2.05, 4.69) is 26.1 Å². The van der Waals surface area contributed by atoms with Gasteiger partial charge in [0.2, 0.25) is 5.91 Å². The second kappa shape index (κ2) is 5.11. The number of nitrogens with zero attached hydrogens (tertiary/aromatic N) is 1. The highest BCUT2D eigenvalue weighted by atomic mass is 79.9. The van der Waals surface area contributed by atoms with Crippen LogP contribution in [0.5, 0.6) is 5.75 Å². The third-order valence-corrected chi connectivity index (χ3v) is 4.07. The second-order valence-electron chi connectivity index (χ2n) is 4.63. The summed E-state index contributed by atoms with van der Waals surface area (Å²) < 4.78 is 11.7. The summed E-state index contributed by atoms with van der Waals surface area (Å²) in [6.45, 7) is 1.86. The van der Waals surface area contributed by atoms with E-state index in [9.17, 15) is 4.79 Å². The summed E-state index contributed by atoms with van der Waals surface area (Å²) in [5.41, 5.74) is 0.975. The van der Waals surface area contributed by atoms with Gasteiger partial charge in [0.25, 0.3) is 0 Å². The molecular formula is C13H15BrN2O3. The number of rotatable bonds is 2. The lowest BCUT2D eigenvalue weighted by atomic mass is 10.1. The van der Waals surface area contributed by atoms with E-state index in [1.165, 1.54) is 0 Å². The van der Waals surface area contributed by atoms with Gasteiger partial charge in [-0.05, 0) is 12.1 Å². The highest BCUT2D eigenvalue weighted by molar-refractivity contribution is 9.10. The van der Waals surface area contributed by atoms with Gasteiger partial charge < -0.3 is 14.8 Å². The molecule has 6 heteroatoms. The van der Waals surface area contributed by atoms with Crippen molar-refractivity contribution in [3.05, 3.63) is 28.2 Å². The Labute approximate surface area is 120 Å². The first-order chi connectivity index (χ1) is 9.20. The minimum Gasteiger partial charge on any atom is -0.496 e. The zero-order chi connectivity index (χ0) is 13.4. The minimum absolute atomic E-state index is 0.0228. The van der Waals surface area contributed by atoms with Crippen LogP contribution in [-0.4, -0.2) is 43.7 Å². The van der Waals surface area contributed by atoms with E-state index in [4.69, 9.17) is 9.47 Å². The average Bonchev–Trinajstić information content (AvgIpc) is 2.76. The standard InChI is InChI=1S/C13H15BrN2O3/c1-18-11-6-8(14)2-3-9(11)12-15-13(17)10-7-19-5-4-16(10)12/h2-3,6,10,12H,4-5,7H2,1H3,(H,15,17). The Balaban J connectivity index is 1.95. The first kappa shape index (κ1) is 12.9. The molecular weight excluding hydrogens is 312 g/mol. The molecule has 0 radical (unpaired) electrons. The van der Waals surface area contributed by atoms with E-state index in [-0.39, 0.29) is 18.1 Å². The molecule has 0 spiro atoms. The SMILES string of the molecule is COc1cc(Br)ccc1C1NC(=O)C2COCCN21. The van der Waals surface area contributed by atoms with E-state index >= 15 is 0 Å². The largest absolute Gasteiger partial charge is 0.496 e. The lowest BCUT2D eigenvalue weighted by Crippen LogP contribution is -2.44. The number of nitrogens with one attached hydrogen (secondary N) is 1. The predicted molar refractivity (Wildman–Crippen MR) is 72.9 cm³/mol. The number of fused-ring (bicyclic) bond motifs is 1. The smallest absolute Gasteiger partial charge is 0.241 e. The zero-order valence-corrected chi connectivity index (χ0v) is 12.1. The Hall–Kier alpha value is -1.11. The number of morpholine rings is 1. The summed E-state index contributed by atoms with van der Waals surface area (Å²) in [4.78, 5) is 14.1. The third-order valence-electron chi connectivity index (χ3n) is 3.57. The molecule has 1 amide bonds. The number of benzene rings is 1. The fourth-order valence-electron chi connectivity index (χ4n) is 2.63. The highest BCUT2D eigenvalue weighted by Gasteiger charge is 2.43. The molecule has 1 aromatic carbocycles. The number of methoxy groups -OCH3 is 1. The van der Waals surface area contributed by atoms with Crippen LogP contribution in [0.3, 0.4) is 0 Å². The molecule has 1 N–H and O–H groups in total. The van der Waals surface area contributed by atoms with Gasteiger partial charge in [-0.3, -0.25) is 9.69 Å². The van der Waals surface area contributed by atoms with Crippen LogP contribution in [0, 0.1) is 0 Å². The molecule has 2 unspecified atom stereocenters. The third kappa shape index (κ3) is 2.24. The van der Waals surface area contributed by atoms with E-state index in [0.717, 1.165) is 22.3 Å². The summed E-state index contributed by atoms with van der Waals surface area (Å²) in [5, 5.41) is 3.02. The van der Waals surface area contributed by atoms with Crippen LogP contribution in [0.4, 0.5) is 0 Å². The van der Waals surface area contributed by atoms with Crippen LogP contribution in [0.25, 0.3) is 0 Å². The quantitative estimate of drug-likeness (QED) is 0.889. The number of hydrogen-bond donors (Lipinski definition) is 1. The van der Waals surface area contributed by atoms with Gasteiger partial charge >= 0.3 is 0 Å². The monoisotopic (exact) mass is 326 g/mol. The first-order valence-electron chi connectivity index (χ1n) is 6.18. The van der Waals surface area contributed by atoms with E-state index in [1.54, 1.807) is 7.11 Å². The van der Waals surface area contributed by atoms with E-state index < -0.39 is 0 Å². The Bertz CT molecular complexity index is 509. The van der Waals surface area contributed by atoms with Crippen molar-refractivity contribution in [3.8, 4) is 5.75 Å². The van der Waals surface area contributed by atoms with Gasteiger partial charge in [-0.15, -0.1) is 0 Å². The van der Waals surface area contributed by atoms with Crippen molar-refractivity contribution in [2.75, 3.05) is 26.9 Å². The van der Waals surface area contributed by atoms with Crippen LogP contribution in [0.15, 0.2) is 22.7 Å². The molecule has 102 valence electrons. The number of ether oxygens (including phenoxy) is 2. The van der Waals surface area contributed by atoms with Gasteiger partial charge in [0.15, 0.2) is 0 Å². The number of halogens is 1. The van der Waals surface area contributed by atoms with Gasteiger partial charge in [-0.1, -0.05) is 22.0 Å². The molecule has 2 atom stereocenters. The van der Waals surface area contributed by atoms with Crippen LogP contribution >= 0.6 is 15.9 Å². The normalized spacial score (nSPS) is 26.9. The van der Waals surface area contributed by atoms with Crippen molar-refractivity contribution in [3.63, 3.8) is 0 Å². The molecule has 0 aliphatic carbocycles. The van der Waals surface area contributed by atoms with Crippen molar-refractivity contribution in [2.24, 2.45) is 0 Å². The van der Waals surface area contributed by atoms with Gasteiger partial charge in [0.05, 0.1) is 20.3 Å². The maximum absolute atomic E-state index is 12.0. The Morgan fingerprint density at radius 2 is 2.37 bits per heavy atom. The molecule has 2 aliphatic heterocycles. The average molecular weight is 327 g/mol. The summed E-state index contributed by atoms with van der Waals surface area (Å²) >= 11 is 3.43. The molecule has 0 bridgehead atoms. The summed E-state index contributed by atoms with van der Waals surface area (Å²) in [7, 11) is 1.64. The fraction of sp³-hybridized carbons (Fsp3) is 0.462.